The Balaban J connectivity index is 4.53. The van der Waals surface area contributed by atoms with E-state index in [1.807, 2.05) is 72.9 Å². The van der Waals surface area contributed by atoms with Gasteiger partial charge in [0, 0.05) is 19.3 Å². The SMILES string of the molecule is CC\C=C/C=C\C=C/C=C\C=C\C=C/C=C\CCCCCC(=O)OCC(COC(=O)CCCCCCC/C=C\C/C=C\CC)OC(=O)CCCCCCC/C=C\CCCCCCCCC. The molecule has 0 aliphatic heterocycles. The van der Waals surface area contributed by atoms with Crippen LogP contribution in [0.3, 0.4) is 0 Å². The van der Waals surface area contributed by atoms with Gasteiger partial charge in [-0.25, -0.2) is 0 Å². The van der Waals surface area contributed by atoms with Gasteiger partial charge >= 0.3 is 17.9 Å². The molecule has 0 N–H and O–H groups in total. The Bertz CT molecular complexity index is 1400. The highest BCUT2D eigenvalue weighted by atomic mass is 16.6. The van der Waals surface area contributed by atoms with Gasteiger partial charge in [-0.2, -0.15) is 0 Å². The van der Waals surface area contributed by atoms with Crippen LogP contribution in [0.1, 0.15) is 213 Å². The van der Waals surface area contributed by atoms with Gasteiger partial charge in [0.2, 0.25) is 0 Å². The van der Waals surface area contributed by atoms with Crippen molar-refractivity contribution in [2.75, 3.05) is 13.2 Å². The number of hydrogen-bond donors (Lipinski definition) is 0. The maximum atomic E-state index is 12.8. The van der Waals surface area contributed by atoms with Crippen LogP contribution in [0.4, 0.5) is 0 Å². The smallest absolute Gasteiger partial charge is 0.306 e. The molecule has 0 saturated carbocycles. The average molecular weight is 899 g/mol. The Hall–Kier alpha value is -4.19. The van der Waals surface area contributed by atoms with E-state index < -0.39 is 6.10 Å². The van der Waals surface area contributed by atoms with E-state index in [4.69, 9.17) is 14.2 Å². The number of carbonyl (C=O) groups is 3. The van der Waals surface area contributed by atoms with Crippen LogP contribution in [0.25, 0.3) is 0 Å². The number of hydrogen-bond acceptors (Lipinski definition) is 6. The summed E-state index contributed by atoms with van der Waals surface area (Å²) in [6, 6.07) is 0. The van der Waals surface area contributed by atoms with E-state index in [0.717, 1.165) is 116 Å². The third kappa shape index (κ3) is 50.7. The summed E-state index contributed by atoms with van der Waals surface area (Å²) in [5, 5.41) is 0. The summed E-state index contributed by atoms with van der Waals surface area (Å²) in [4.78, 5) is 38.0. The van der Waals surface area contributed by atoms with Crippen LogP contribution in [0.2, 0.25) is 0 Å². The highest BCUT2D eigenvalue weighted by Crippen LogP contribution is 2.13. The van der Waals surface area contributed by atoms with E-state index in [2.05, 4.69) is 69.4 Å². The Kier molecular flexibility index (Phi) is 49.1. The normalized spacial score (nSPS) is 13.1. The third-order valence-electron chi connectivity index (χ3n) is 10.6. The molecule has 0 saturated heterocycles. The molecule has 0 aromatic heterocycles. The van der Waals surface area contributed by atoms with Gasteiger partial charge in [-0.05, 0) is 89.9 Å². The van der Waals surface area contributed by atoms with Crippen molar-refractivity contribution < 1.29 is 28.6 Å². The van der Waals surface area contributed by atoms with E-state index in [-0.39, 0.29) is 31.1 Å². The summed E-state index contributed by atoms with van der Waals surface area (Å²) in [6.07, 6.45) is 71.8. The van der Waals surface area contributed by atoms with Crippen LogP contribution in [-0.2, 0) is 28.6 Å². The molecule has 0 aliphatic rings. The quantitative estimate of drug-likeness (QED) is 0.0199. The lowest BCUT2D eigenvalue weighted by Crippen LogP contribution is -2.30. The molecule has 0 aliphatic carbocycles. The molecule has 0 heterocycles. The molecule has 1 unspecified atom stereocenters. The van der Waals surface area contributed by atoms with E-state index in [0.29, 0.717) is 19.3 Å². The molecule has 0 radical (unpaired) electrons. The highest BCUT2D eigenvalue weighted by Gasteiger charge is 2.19. The molecule has 0 aromatic carbocycles. The lowest BCUT2D eigenvalue weighted by atomic mass is 10.1. The molecule has 0 aromatic rings. The number of unbranched alkanes of at least 4 members (excludes halogenated alkanes) is 20. The predicted molar refractivity (Wildman–Crippen MR) is 279 cm³/mol. The molecule has 6 nitrogen and oxygen atoms in total. The maximum Gasteiger partial charge on any atom is 0.306 e. The first-order valence-electron chi connectivity index (χ1n) is 26.1. The summed E-state index contributed by atoms with van der Waals surface area (Å²) >= 11 is 0. The lowest BCUT2D eigenvalue weighted by molar-refractivity contribution is -0.167. The fourth-order valence-corrected chi connectivity index (χ4v) is 6.75. The van der Waals surface area contributed by atoms with Crippen LogP contribution in [-0.4, -0.2) is 37.2 Å². The molecular weight excluding hydrogens is 805 g/mol. The van der Waals surface area contributed by atoms with Gasteiger partial charge in [0.15, 0.2) is 6.10 Å². The van der Waals surface area contributed by atoms with Crippen LogP contribution < -0.4 is 0 Å². The zero-order valence-electron chi connectivity index (χ0n) is 41.7. The van der Waals surface area contributed by atoms with E-state index in [9.17, 15) is 14.4 Å². The number of rotatable bonds is 45. The van der Waals surface area contributed by atoms with Crippen LogP contribution >= 0.6 is 0 Å². The summed E-state index contributed by atoms with van der Waals surface area (Å²) in [7, 11) is 0. The largest absolute Gasteiger partial charge is 0.462 e. The molecule has 6 heteroatoms. The van der Waals surface area contributed by atoms with Gasteiger partial charge in [-0.15, -0.1) is 0 Å². The van der Waals surface area contributed by atoms with E-state index >= 15 is 0 Å². The minimum atomic E-state index is -0.810. The van der Waals surface area contributed by atoms with E-state index in [1.165, 1.54) is 57.8 Å². The highest BCUT2D eigenvalue weighted by molar-refractivity contribution is 5.71. The number of allylic oxidation sites excluding steroid dienone is 20. The molecule has 1 atom stereocenters. The minimum absolute atomic E-state index is 0.107. The van der Waals surface area contributed by atoms with Crippen molar-refractivity contribution in [2.45, 2.75) is 219 Å². The standard InChI is InChI=1S/C59H94O6/c1-4-7-10-13-16-19-22-25-27-29-30-31-33-34-37-40-43-46-49-52-58(61)64-55-56(54-63-57(60)51-48-45-42-39-36-24-21-18-15-12-9-6-3)65-59(62)53-50-47-44-41-38-35-32-28-26-23-20-17-14-11-8-5-2/h7,9-10,12-13,16,18-19,21-22,25,27-34,37,56H,4-6,8,11,14-15,17,20,23-24,26,35-36,38-55H2,1-3H3/b10-7-,12-9-,16-13-,21-18-,22-19-,27-25-,30-29+,32-28-,33-31-,37-34-. The summed E-state index contributed by atoms with van der Waals surface area (Å²) in [5.74, 6) is -0.982. The first-order valence-corrected chi connectivity index (χ1v) is 26.1. The zero-order chi connectivity index (χ0) is 47.2. The molecule has 366 valence electrons. The summed E-state index contributed by atoms with van der Waals surface area (Å²) in [6.45, 7) is 6.31. The second kappa shape index (κ2) is 52.4. The van der Waals surface area contributed by atoms with Gasteiger partial charge in [0.25, 0.3) is 0 Å². The molecule has 65 heavy (non-hydrogen) atoms. The molecule has 0 spiro atoms. The summed E-state index contributed by atoms with van der Waals surface area (Å²) < 4.78 is 16.7. The first-order chi connectivity index (χ1) is 32.0. The second-order valence-corrected chi connectivity index (χ2v) is 16.8. The van der Waals surface area contributed by atoms with Crippen molar-refractivity contribution >= 4 is 17.9 Å². The average Bonchev–Trinajstić information content (AvgIpc) is 3.30. The van der Waals surface area contributed by atoms with Crippen molar-refractivity contribution in [1.29, 1.82) is 0 Å². The van der Waals surface area contributed by atoms with Crippen LogP contribution in [0, 0.1) is 0 Å². The molecule has 0 rings (SSSR count). The van der Waals surface area contributed by atoms with Gasteiger partial charge in [0.05, 0.1) is 0 Å². The Morgan fingerprint density at radius 1 is 0.338 bits per heavy atom. The topological polar surface area (TPSA) is 78.9 Å². The van der Waals surface area contributed by atoms with Crippen molar-refractivity contribution in [2.24, 2.45) is 0 Å². The zero-order valence-corrected chi connectivity index (χ0v) is 41.7. The minimum Gasteiger partial charge on any atom is -0.462 e. The lowest BCUT2D eigenvalue weighted by Gasteiger charge is -2.18. The van der Waals surface area contributed by atoms with Crippen molar-refractivity contribution in [3.8, 4) is 0 Å². The molecule has 0 amide bonds. The first kappa shape index (κ1) is 60.8. The van der Waals surface area contributed by atoms with Gasteiger partial charge in [-0.1, -0.05) is 226 Å². The fourth-order valence-electron chi connectivity index (χ4n) is 6.75. The van der Waals surface area contributed by atoms with Crippen molar-refractivity contribution in [1.82, 2.24) is 0 Å². The third-order valence-corrected chi connectivity index (χ3v) is 10.6. The second-order valence-electron chi connectivity index (χ2n) is 16.8. The fraction of sp³-hybridized carbons (Fsp3) is 0.610. The molecular formula is C59H94O6. The van der Waals surface area contributed by atoms with Gasteiger partial charge < -0.3 is 14.2 Å². The van der Waals surface area contributed by atoms with Gasteiger partial charge in [-0.3, -0.25) is 14.4 Å². The number of esters is 3. The Morgan fingerprint density at radius 3 is 1.14 bits per heavy atom. The Labute approximate surface area is 399 Å². The van der Waals surface area contributed by atoms with Crippen molar-refractivity contribution in [3.63, 3.8) is 0 Å². The number of ether oxygens (including phenoxy) is 3. The van der Waals surface area contributed by atoms with Gasteiger partial charge in [0.1, 0.15) is 13.2 Å². The molecule has 0 fully saturated rings. The number of carbonyl (C=O) groups excluding carboxylic acids is 3. The van der Waals surface area contributed by atoms with Crippen LogP contribution in [0.15, 0.2) is 122 Å². The van der Waals surface area contributed by atoms with E-state index in [1.54, 1.807) is 0 Å². The molecule has 0 bridgehead atoms. The monoisotopic (exact) mass is 899 g/mol. The van der Waals surface area contributed by atoms with Crippen LogP contribution in [0.5, 0.6) is 0 Å². The predicted octanol–water partition coefficient (Wildman–Crippen LogP) is 17.3. The summed E-state index contributed by atoms with van der Waals surface area (Å²) in [5.41, 5.74) is 0. The maximum absolute atomic E-state index is 12.8. The Morgan fingerprint density at radius 2 is 0.677 bits per heavy atom. The van der Waals surface area contributed by atoms with Crippen molar-refractivity contribution in [3.05, 3.63) is 122 Å².